The van der Waals surface area contributed by atoms with Crippen LogP contribution >= 0.6 is 22.9 Å². The second kappa shape index (κ2) is 5.99. The lowest BCUT2D eigenvalue weighted by Crippen LogP contribution is -2.24. The summed E-state index contributed by atoms with van der Waals surface area (Å²) in [6.07, 6.45) is 0.169. The van der Waals surface area contributed by atoms with E-state index in [1.54, 1.807) is 11.4 Å². The molecule has 1 amide bonds. The zero-order valence-corrected chi connectivity index (χ0v) is 11.4. The van der Waals surface area contributed by atoms with Crippen LogP contribution in [0, 0.1) is 5.82 Å². The maximum atomic E-state index is 12.9. The summed E-state index contributed by atoms with van der Waals surface area (Å²) in [6.45, 7) is 0.290. The molecule has 1 heterocycles. The quantitative estimate of drug-likeness (QED) is 0.911. The third kappa shape index (κ3) is 3.90. The van der Waals surface area contributed by atoms with E-state index in [2.05, 4.69) is 10.3 Å². The molecule has 0 aliphatic carbocycles. The summed E-state index contributed by atoms with van der Waals surface area (Å²) in [5.74, 6) is -0.652. The van der Waals surface area contributed by atoms with Gasteiger partial charge < -0.3 is 11.1 Å². The van der Waals surface area contributed by atoms with Gasteiger partial charge in [0.2, 0.25) is 5.91 Å². The molecule has 2 aromatic rings. The zero-order chi connectivity index (χ0) is 13.8. The van der Waals surface area contributed by atoms with Gasteiger partial charge >= 0.3 is 0 Å². The Labute approximate surface area is 118 Å². The molecule has 0 saturated heterocycles. The molecule has 4 nitrogen and oxygen atoms in total. The maximum Gasteiger partial charge on any atom is 0.226 e. The third-order valence-corrected chi connectivity index (χ3v) is 3.40. The van der Waals surface area contributed by atoms with Crippen molar-refractivity contribution in [1.29, 1.82) is 0 Å². The number of thiazole rings is 1. The summed E-state index contributed by atoms with van der Waals surface area (Å²) in [7, 11) is 0. The van der Waals surface area contributed by atoms with E-state index >= 15 is 0 Å². The van der Waals surface area contributed by atoms with Gasteiger partial charge in [-0.05, 0) is 17.7 Å². The van der Waals surface area contributed by atoms with Crippen LogP contribution in [0.3, 0.4) is 0 Å². The van der Waals surface area contributed by atoms with Crippen LogP contribution in [-0.4, -0.2) is 10.9 Å². The molecular weight excluding hydrogens is 289 g/mol. The van der Waals surface area contributed by atoms with Crippen LogP contribution in [0.15, 0.2) is 23.6 Å². The van der Waals surface area contributed by atoms with Crippen LogP contribution in [0.1, 0.15) is 11.3 Å². The number of rotatable bonds is 4. The topological polar surface area (TPSA) is 68.0 Å². The molecule has 7 heteroatoms. The van der Waals surface area contributed by atoms with Gasteiger partial charge in [-0.2, -0.15) is 0 Å². The minimum atomic E-state index is -0.477. The molecule has 0 bridgehead atoms. The fraction of sp³-hybridized carbons (Fsp3) is 0.167. The lowest BCUT2D eigenvalue weighted by molar-refractivity contribution is -0.120. The van der Waals surface area contributed by atoms with Gasteiger partial charge in [0.25, 0.3) is 0 Å². The Morgan fingerprint density at radius 2 is 2.32 bits per heavy atom. The first-order chi connectivity index (χ1) is 9.04. The number of nitrogens with two attached hydrogens (primary N) is 1. The SMILES string of the molecule is Nc1nc(CC(=O)NCc2ccc(F)c(Cl)c2)cs1. The highest BCUT2D eigenvalue weighted by atomic mass is 35.5. The normalized spacial score (nSPS) is 10.4. The average Bonchev–Trinajstić information content (AvgIpc) is 2.76. The van der Waals surface area contributed by atoms with Crippen molar-refractivity contribution in [3.05, 3.63) is 45.7 Å². The second-order valence-corrected chi connectivity index (χ2v) is 5.18. The summed E-state index contributed by atoms with van der Waals surface area (Å²) >= 11 is 6.94. The highest BCUT2D eigenvalue weighted by Gasteiger charge is 2.07. The molecule has 1 aromatic heterocycles. The Kier molecular flexibility index (Phi) is 4.34. The first-order valence-corrected chi connectivity index (χ1v) is 6.71. The van der Waals surface area contributed by atoms with E-state index in [1.807, 2.05) is 0 Å². The molecule has 0 aliphatic heterocycles. The smallest absolute Gasteiger partial charge is 0.226 e. The van der Waals surface area contributed by atoms with E-state index < -0.39 is 5.82 Å². The van der Waals surface area contributed by atoms with Crippen LogP contribution in [0.4, 0.5) is 9.52 Å². The fourth-order valence-electron chi connectivity index (χ4n) is 1.48. The van der Waals surface area contributed by atoms with Gasteiger partial charge in [-0.25, -0.2) is 9.37 Å². The number of hydrogen-bond acceptors (Lipinski definition) is 4. The maximum absolute atomic E-state index is 12.9. The Bertz CT molecular complexity index is 602. The highest BCUT2D eigenvalue weighted by molar-refractivity contribution is 7.13. The monoisotopic (exact) mass is 299 g/mol. The van der Waals surface area contributed by atoms with Crippen molar-refractivity contribution in [2.24, 2.45) is 0 Å². The first kappa shape index (κ1) is 13.8. The molecule has 0 fully saturated rings. The van der Waals surface area contributed by atoms with E-state index in [0.717, 1.165) is 5.56 Å². The van der Waals surface area contributed by atoms with Gasteiger partial charge in [0.1, 0.15) is 5.82 Å². The summed E-state index contributed by atoms with van der Waals surface area (Å²) in [5, 5.41) is 4.93. The summed E-state index contributed by atoms with van der Waals surface area (Å²) in [4.78, 5) is 15.6. The van der Waals surface area contributed by atoms with Crippen LogP contribution in [-0.2, 0) is 17.8 Å². The van der Waals surface area contributed by atoms with Gasteiger partial charge in [-0.3, -0.25) is 4.79 Å². The van der Waals surface area contributed by atoms with Crippen LogP contribution in [0.25, 0.3) is 0 Å². The van der Waals surface area contributed by atoms with Crippen molar-refractivity contribution in [3.63, 3.8) is 0 Å². The molecule has 0 aliphatic rings. The van der Waals surface area contributed by atoms with E-state index in [-0.39, 0.29) is 17.4 Å². The van der Waals surface area contributed by atoms with Crippen LogP contribution < -0.4 is 11.1 Å². The van der Waals surface area contributed by atoms with Crippen molar-refractivity contribution in [2.45, 2.75) is 13.0 Å². The van der Waals surface area contributed by atoms with Gasteiger partial charge in [-0.15, -0.1) is 11.3 Å². The van der Waals surface area contributed by atoms with Crippen molar-refractivity contribution in [3.8, 4) is 0 Å². The van der Waals surface area contributed by atoms with Crippen LogP contribution in [0.5, 0.6) is 0 Å². The molecule has 19 heavy (non-hydrogen) atoms. The van der Waals surface area contributed by atoms with Crippen molar-refractivity contribution < 1.29 is 9.18 Å². The first-order valence-electron chi connectivity index (χ1n) is 5.45. The Morgan fingerprint density at radius 3 is 2.95 bits per heavy atom. The molecule has 0 radical (unpaired) electrons. The van der Waals surface area contributed by atoms with E-state index in [9.17, 15) is 9.18 Å². The predicted molar refractivity (Wildman–Crippen MR) is 73.5 cm³/mol. The summed E-state index contributed by atoms with van der Waals surface area (Å²) in [6, 6.07) is 4.32. The lowest BCUT2D eigenvalue weighted by Gasteiger charge is -2.05. The largest absolute Gasteiger partial charge is 0.375 e. The number of benzene rings is 1. The summed E-state index contributed by atoms with van der Waals surface area (Å²) in [5.41, 5.74) is 6.85. The second-order valence-electron chi connectivity index (χ2n) is 3.88. The Morgan fingerprint density at radius 1 is 1.53 bits per heavy atom. The van der Waals surface area contributed by atoms with Gasteiger partial charge in [0.15, 0.2) is 5.13 Å². The molecule has 2 rings (SSSR count). The molecule has 0 saturated carbocycles. The van der Waals surface area contributed by atoms with E-state index in [0.29, 0.717) is 17.4 Å². The summed E-state index contributed by atoms with van der Waals surface area (Å²) < 4.78 is 12.9. The van der Waals surface area contributed by atoms with Crippen LogP contribution in [0.2, 0.25) is 5.02 Å². The molecule has 1 aromatic carbocycles. The number of amides is 1. The number of carbonyl (C=O) groups excluding carboxylic acids is 1. The van der Waals surface area contributed by atoms with Gasteiger partial charge in [-0.1, -0.05) is 17.7 Å². The number of halogens is 2. The van der Waals surface area contributed by atoms with Gasteiger partial charge in [0.05, 0.1) is 17.1 Å². The zero-order valence-electron chi connectivity index (χ0n) is 9.82. The number of nitrogens with zero attached hydrogens (tertiary/aromatic N) is 1. The predicted octanol–water partition coefficient (Wildman–Crippen LogP) is 2.38. The number of hydrogen-bond donors (Lipinski definition) is 2. The fourth-order valence-corrected chi connectivity index (χ4v) is 2.25. The lowest BCUT2D eigenvalue weighted by atomic mass is 10.2. The molecular formula is C12H11ClFN3OS. The molecule has 0 unspecified atom stereocenters. The van der Waals surface area contributed by atoms with Crippen molar-refractivity contribution in [2.75, 3.05) is 5.73 Å². The van der Waals surface area contributed by atoms with E-state index in [4.69, 9.17) is 17.3 Å². The number of anilines is 1. The number of nitrogen functional groups attached to an aromatic ring is 1. The van der Waals surface area contributed by atoms with Crippen molar-refractivity contribution >= 4 is 34.0 Å². The molecule has 0 atom stereocenters. The number of aromatic nitrogens is 1. The third-order valence-electron chi connectivity index (χ3n) is 2.38. The minimum absolute atomic E-state index is 0.0408. The number of carbonyl (C=O) groups is 1. The average molecular weight is 300 g/mol. The van der Waals surface area contributed by atoms with Crippen molar-refractivity contribution in [1.82, 2.24) is 10.3 Å². The molecule has 3 N–H and O–H groups in total. The molecule has 100 valence electrons. The van der Waals surface area contributed by atoms with E-state index in [1.165, 1.54) is 23.5 Å². The Hall–Kier alpha value is -1.66. The number of nitrogens with one attached hydrogen (secondary N) is 1. The van der Waals surface area contributed by atoms with Gasteiger partial charge in [0, 0.05) is 11.9 Å². The minimum Gasteiger partial charge on any atom is -0.375 e. The molecule has 0 spiro atoms. The standard InChI is InChI=1S/C12H11ClFN3OS/c13-9-3-7(1-2-10(9)14)5-16-11(18)4-8-6-19-12(15)17-8/h1-3,6H,4-5H2,(H2,15,17)(H,16,18). The Balaban J connectivity index is 1.88. The highest BCUT2D eigenvalue weighted by Crippen LogP contribution is 2.16.